The summed E-state index contributed by atoms with van der Waals surface area (Å²) in [6.45, 7) is 2.46. The van der Waals surface area contributed by atoms with Gasteiger partial charge in [-0.1, -0.05) is 29.8 Å². The van der Waals surface area contributed by atoms with Gasteiger partial charge in [-0.2, -0.15) is 13.2 Å². The second kappa shape index (κ2) is 8.31. The quantitative estimate of drug-likeness (QED) is 0.684. The number of hydrogen-bond acceptors (Lipinski definition) is 3. The molecule has 1 saturated heterocycles. The van der Waals surface area contributed by atoms with Crippen molar-refractivity contribution in [1.82, 2.24) is 4.90 Å². The second-order valence-corrected chi connectivity index (χ2v) is 6.83. The summed E-state index contributed by atoms with van der Waals surface area (Å²) in [5.74, 6) is -1.84. The molecule has 1 aliphatic carbocycles. The lowest BCUT2D eigenvalue weighted by atomic mass is 10.1. The minimum absolute atomic E-state index is 0.566. The van der Waals surface area contributed by atoms with E-state index in [4.69, 9.17) is 16.3 Å². The first-order valence-electron chi connectivity index (χ1n) is 8.66. The number of alkyl halides is 3. The molecule has 0 spiro atoms. The molecule has 0 aromatic heterocycles. The van der Waals surface area contributed by atoms with E-state index >= 15 is 0 Å². The van der Waals surface area contributed by atoms with Crippen molar-refractivity contribution in [2.75, 3.05) is 26.3 Å². The Kier molecular flexibility index (Phi) is 6.07. The van der Waals surface area contributed by atoms with Crippen molar-refractivity contribution in [1.29, 1.82) is 0 Å². The first-order chi connectivity index (χ1) is 12.8. The maximum atomic E-state index is 12.5. The van der Waals surface area contributed by atoms with Crippen LogP contribution in [0, 0.1) is 0 Å². The van der Waals surface area contributed by atoms with Crippen LogP contribution in [0.3, 0.4) is 0 Å². The van der Waals surface area contributed by atoms with Gasteiger partial charge in [0.1, 0.15) is 0 Å². The summed E-state index contributed by atoms with van der Waals surface area (Å²) in [6.07, 6.45) is 0.400. The highest BCUT2D eigenvalue weighted by molar-refractivity contribution is 6.30. The van der Waals surface area contributed by atoms with Crippen molar-refractivity contribution >= 4 is 23.5 Å². The fourth-order valence-electron chi connectivity index (χ4n) is 3.24. The number of benzene rings is 1. The molecule has 1 aromatic carbocycles. The number of ether oxygens (including phenoxy) is 1. The van der Waals surface area contributed by atoms with E-state index in [1.165, 1.54) is 6.08 Å². The molecule has 2 aliphatic rings. The predicted octanol–water partition coefficient (Wildman–Crippen LogP) is 4.79. The molecule has 0 saturated carbocycles. The average molecular weight is 398 g/mol. The fraction of sp³-hybridized carbons (Fsp3) is 0.350. The van der Waals surface area contributed by atoms with Crippen LogP contribution >= 0.6 is 11.6 Å². The van der Waals surface area contributed by atoms with Gasteiger partial charge < -0.3 is 9.64 Å². The zero-order valence-corrected chi connectivity index (χ0v) is 15.3. The molecular weight excluding hydrogens is 379 g/mol. The number of rotatable bonds is 4. The monoisotopic (exact) mass is 397 g/mol. The van der Waals surface area contributed by atoms with Crippen molar-refractivity contribution in [3.05, 3.63) is 63.8 Å². The predicted molar refractivity (Wildman–Crippen MR) is 98.3 cm³/mol. The van der Waals surface area contributed by atoms with E-state index in [-0.39, 0.29) is 0 Å². The first-order valence-corrected chi connectivity index (χ1v) is 9.04. The molecule has 0 amide bonds. The number of hydrogen-bond donors (Lipinski definition) is 0. The molecule has 7 heteroatoms. The van der Waals surface area contributed by atoms with Crippen molar-refractivity contribution in [3.8, 4) is 0 Å². The summed E-state index contributed by atoms with van der Waals surface area (Å²) >= 11 is 5.92. The summed E-state index contributed by atoms with van der Waals surface area (Å²) in [4.78, 5) is 13.3. The van der Waals surface area contributed by atoms with Gasteiger partial charge in [0.05, 0.1) is 13.2 Å². The highest BCUT2D eigenvalue weighted by Gasteiger charge is 2.36. The Bertz CT molecular complexity index is 788. The van der Waals surface area contributed by atoms with Gasteiger partial charge in [0.15, 0.2) is 0 Å². The Morgan fingerprint density at radius 3 is 2.41 bits per heavy atom. The van der Waals surface area contributed by atoms with Crippen LogP contribution in [0.4, 0.5) is 13.2 Å². The molecule has 0 N–H and O–H groups in total. The first kappa shape index (κ1) is 19.7. The molecule has 1 heterocycles. The van der Waals surface area contributed by atoms with Crippen LogP contribution in [-0.4, -0.2) is 43.2 Å². The summed E-state index contributed by atoms with van der Waals surface area (Å²) in [5, 5.41) is 0.641. The molecule has 0 unspecified atom stereocenters. The molecule has 144 valence electrons. The maximum absolute atomic E-state index is 12.5. The molecule has 1 fully saturated rings. The van der Waals surface area contributed by atoms with Crippen molar-refractivity contribution < 1.29 is 22.7 Å². The standard InChI is InChI=1S/C20H19ClF3NO2/c21-17-6-1-14(2-7-17)13-16-4-3-15(5-8-18(26)20(22,23)24)19(16)25-9-11-27-12-10-25/h1-2,5-8,13H,3-4,9-12H2. The Morgan fingerprint density at radius 1 is 1.11 bits per heavy atom. The van der Waals surface area contributed by atoms with Gasteiger partial charge in [-0.15, -0.1) is 0 Å². The molecular formula is C20H19ClF3NO2. The molecule has 1 aliphatic heterocycles. The van der Waals surface area contributed by atoms with Crippen LogP contribution in [0.2, 0.25) is 5.02 Å². The smallest absolute Gasteiger partial charge is 0.378 e. The summed E-state index contributed by atoms with van der Waals surface area (Å²) in [6, 6.07) is 7.38. The lowest BCUT2D eigenvalue weighted by Crippen LogP contribution is -2.36. The summed E-state index contributed by atoms with van der Waals surface area (Å²) in [7, 11) is 0. The number of morpholine rings is 1. The summed E-state index contributed by atoms with van der Waals surface area (Å²) in [5.41, 5.74) is 3.66. The number of carbonyl (C=O) groups excluding carboxylic acids is 1. The van der Waals surface area contributed by atoms with Crippen LogP contribution in [-0.2, 0) is 9.53 Å². The van der Waals surface area contributed by atoms with Gasteiger partial charge in [0.25, 0.3) is 5.78 Å². The van der Waals surface area contributed by atoms with Crippen LogP contribution in [0.15, 0.2) is 53.3 Å². The third kappa shape index (κ3) is 5.02. The number of ketones is 1. The second-order valence-electron chi connectivity index (χ2n) is 6.39. The fourth-order valence-corrected chi connectivity index (χ4v) is 3.37. The van der Waals surface area contributed by atoms with Crippen LogP contribution in [0.5, 0.6) is 0 Å². The average Bonchev–Trinajstić information content (AvgIpc) is 3.04. The zero-order chi connectivity index (χ0) is 19.4. The zero-order valence-electron chi connectivity index (χ0n) is 14.6. The van der Waals surface area contributed by atoms with E-state index in [1.54, 1.807) is 12.1 Å². The van der Waals surface area contributed by atoms with E-state index in [0.29, 0.717) is 50.2 Å². The molecule has 0 atom stereocenters. The van der Waals surface area contributed by atoms with Gasteiger partial charge in [-0.05, 0) is 53.8 Å². The van der Waals surface area contributed by atoms with E-state index in [2.05, 4.69) is 4.90 Å². The van der Waals surface area contributed by atoms with Gasteiger partial charge in [-0.3, -0.25) is 4.79 Å². The number of allylic oxidation sites excluding steroid dienone is 4. The van der Waals surface area contributed by atoms with Crippen molar-refractivity contribution in [3.63, 3.8) is 0 Å². The third-order valence-electron chi connectivity index (χ3n) is 4.53. The topological polar surface area (TPSA) is 29.5 Å². The van der Waals surface area contributed by atoms with Crippen molar-refractivity contribution in [2.45, 2.75) is 19.0 Å². The van der Waals surface area contributed by atoms with E-state index < -0.39 is 12.0 Å². The molecule has 3 rings (SSSR count). The van der Waals surface area contributed by atoms with Crippen LogP contribution in [0.25, 0.3) is 6.08 Å². The van der Waals surface area contributed by atoms with E-state index in [0.717, 1.165) is 22.4 Å². The highest BCUT2D eigenvalue weighted by atomic mass is 35.5. The van der Waals surface area contributed by atoms with Gasteiger partial charge in [0.2, 0.25) is 0 Å². The summed E-state index contributed by atoms with van der Waals surface area (Å²) < 4.78 is 42.9. The Labute approximate surface area is 160 Å². The number of carbonyl (C=O) groups is 1. The Morgan fingerprint density at radius 2 is 1.78 bits per heavy atom. The van der Waals surface area contributed by atoms with E-state index in [9.17, 15) is 18.0 Å². The minimum Gasteiger partial charge on any atom is -0.378 e. The van der Waals surface area contributed by atoms with Crippen molar-refractivity contribution in [2.24, 2.45) is 0 Å². The van der Waals surface area contributed by atoms with Crippen LogP contribution < -0.4 is 0 Å². The highest BCUT2D eigenvalue weighted by Crippen LogP contribution is 2.36. The SMILES string of the molecule is O=C(C=CC1=C(N2CCOCC2)C(=Cc2ccc(Cl)cc2)CC1)C(F)(F)F. The number of halogens is 4. The van der Waals surface area contributed by atoms with E-state index in [1.807, 2.05) is 18.2 Å². The molecule has 27 heavy (non-hydrogen) atoms. The van der Waals surface area contributed by atoms with Gasteiger partial charge in [0, 0.05) is 23.8 Å². The van der Waals surface area contributed by atoms with Gasteiger partial charge in [-0.25, -0.2) is 0 Å². The Hall–Kier alpha value is -2.05. The molecule has 0 radical (unpaired) electrons. The number of nitrogens with zero attached hydrogens (tertiary/aromatic N) is 1. The third-order valence-corrected chi connectivity index (χ3v) is 4.78. The van der Waals surface area contributed by atoms with Gasteiger partial charge >= 0.3 is 6.18 Å². The largest absolute Gasteiger partial charge is 0.454 e. The minimum atomic E-state index is -4.85. The lowest BCUT2D eigenvalue weighted by Gasteiger charge is -2.31. The maximum Gasteiger partial charge on any atom is 0.454 e. The molecule has 0 bridgehead atoms. The lowest BCUT2D eigenvalue weighted by molar-refractivity contribution is -0.165. The molecule has 3 nitrogen and oxygen atoms in total. The normalized spacial score (nSPS) is 20.1. The molecule has 1 aromatic rings. The van der Waals surface area contributed by atoms with Crippen LogP contribution in [0.1, 0.15) is 18.4 Å². The Balaban J connectivity index is 1.94.